The number of para-hydroxylation sites is 2. The number of aliphatic hydroxyl groups excluding tert-OH is 3. The Kier molecular flexibility index (Phi) is 22.0. The number of benzene rings is 5. The quantitative estimate of drug-likeness (QED) is 0.0335. The number of hydrogen-bond donors (Lipinski definition) is 6. The number of esters is 1. The summed E-state index contributed by atoms with van der Waals surface area (Å²) < 4.78 is 18.0. The van der Waals surface area contributed by atoms with Gasteiger partial charge < -0.3 is 50.4 Å². The second-order valence-corrected chi connectivity index (χ2v) is 28.9. The van der Waals surface area contributed by atoms with Gasteiger partial charge in [0.2, 0.25) is 11.8 Å². The summed E-state index contributed by atoms with van der Waals surface area (Å²) in [5.41, 5.74) is 8.25. The maximum absolute atomic E-state index is 14.7. The monoisotopic (exact) mass is 1290 g/mol. The molecule has 0 radical (unpaired) electrons. The zero-order chi connectivity index (χ0) is 67.5. The average Bonchev–Trinajstić information content (AvgIpc) is 0.942. The molecule has 2 heterocycles. The van der Waals surface area contributed by atoms with Crippen LogP contribution in [0.1, 0.15) is 121 Å². The molecular weight excluding hydrogens is 1190 g/mol. The van der Waals surface area contributed by atoms with E-state index in [-0.39, 0.29) is 73.9 Å². The molecule has 0 aromatic heterocycles. The fourth-order valence-corrected chi connectivity index (χ4v) is 17.0. The number of aryl methyl sites for hydroxylation is 1. The van der Waals surface area contributed by atoms with Gasteiger partial charge in [-0.25, -0.2) is 0 Å². The lowest BCUT2D eigenvalue weighted by Gasteiger charge is -2.62. The van der Waals surface area contributed by atoms with Crippen molar-refractivity contribution in [1.82, 2.24) is 26.1 Å². The van der Waals surface area contributed by atoms with Crippen molar-refractivity contribution in [2.24, 2.45) is 58.2 Å². The van der Waals surface area contributed by atoms with Crippen molar-refractivity contribution in [3.63, 3.8) is 0 Å². The molecule has 18 heteroatoms. The first-order chi connectivity index (χ1) is 44.9. The van der Waals surface area contributed by atoms with Crippen LogP contribution in [0.3, 0.4) is 0 Å². The molecule has 1 unspecified atom stereocenters. The third-order valence-electron chi connectivity index (χ3n) is 22.7. The van der Waals surface area contributed by atoms with Crippen molar-refractivity contribution in [3.05, 3.63) is 138 Å². The maximum atomic E-state index is 14.7. The Labute approximate surface area is 556 Å². The number of anilines is 1. The molecule has 4 bridgehead atoms. The Morgan fingerprint density at radius 2 is 1.14 bits per heavy atom. The number of nitrogens with one attached hydrogen (secondary N) is 3. The summed E-state index contributed by atoms with van der Waals surface area (Å²) >= 11 is 0. The largest absolute Gasteiger partial charge is 0.496 e. The summed E-state index contributed by atoms with van der Waals surface area (Å²) in [5, 5.41) is 44.2. The molecule has 6 N–H and O–H groups in total. The number of nitrogens with zero attached hydrogens (tertiary/aromatic N) is 3. The molecule has 3 amide bonds. The van der Waals surface area contributed by atoms with E-state index in [4.69, 9.17) is 23.9 Å². The van der Waals surface area contributed by atoms with E-state index in [1.165, 1.54) is 12.8 Å². The molecule has 16 atom stereocenters. The van der Waals surface area contributed by atoms with E-state index >= 15 is 0 Å². The van der Waals surface area contributed by atoms with Crippen LogP contribution in [-0.4, -0.2) is 146 Å². The molecule has 13 rings (SSSR count). The second-order valence-electron chi connectivity index (χ2n) is 28.9. The van der Waals surface area contributed by atoms with Gasteiger partial charge in [-0.3, -0.25) is 28.9 Å². The summed E-state index contributed by atoms with van der Waals surface area (Å²) in [4.78, 5) is 69.2. The Bertz CT molecular complexity index is 3440. The number of carbonyl (C=O) groups is 4. The highest BCUT2D eigenvalue weighted by Crippen LogP contribution is 2.62. The van der Waals surface area contributed by atoms with Crippen molar-refractivity contribution < 1.29 is 58.4 Å². The minimum Gasteiger partial charge on any atom is -0.496 e. The number of methoxy groups -OCH3 is 2. The zero-order valence-electron chi connectivity index (χ0n) is 57.3. The lowest BCUT2D eigenvalue weighted by Crippen LogP contribution is -2.62. The van der Waals surface area contributed by atoms with E-state index in [2.05, 4.69) is 57.5 Å². The van der Waals surface area contributed by atoms with Gasteiger partial charge in [0.15, 0.2) is 0 Å². The van der Waals surface area contributed by atoms with Crippen LogP contribution in [0.15, 0.2) is 115 Å². The summed E-state index contributed by atoms with van der Waals surface area (Å²) in [7, 11) is 8.69. The number of aliphatic hydroxyl groups is 3. The minimum absolute atomic E-state index is 0.00199. The number of fused-ring (bicyclic) bond motifs is 4. The first-order valence-corrected chi connectivity index (χ1v) is 34.0. The van der Waals surface area contributed by atoms with Crippen LogP contribution >= 0.6 is 0 Å². The number of hydroxylamine groups is 4. The number of hydrogen-bond acceptors (Lipinski definition) is 15. The number of rotatable bonds is 23. The molecular formula is C76H102N6O12. The highest BCUT2D eigenvalue weighted by molar-refractivity contribution is 5.97. The second kappa shape index (κ2) is 29.6. The summed E-state index contributed by atoms with van der Waals surface area (Å²) in [6.45, 7) is 17.1. The van der Waals surface area contributed by atoms with Crippen LogP contribution in [0.4, 0.5) is 5.69 Å². The molecule has 94 heavy (non-hydrogen) atoms. The molecule has 508 valence electrons. The zero-order valence-corrected chi connectivity index (χ0v) is 57.3. The van der Waals surface area contributed by atoms with Crippen LogP contribution < -0.4 is 30.3 Å². The summed E-state index contributed by atoms with van der Waals surface area (Å²) in [6, 6.07) is 35.9. The minimum atomic E-state index is -0.872. The maximum Gasteiger partial charge on any atom is 0.306 e. The smallest absolute Gasteiger partial charge is 0.306 e. The lowest BCUT2D eigenvalue weighted by molar-refractivity contribution is -0.183. The third-order valence-corrected chi connectivity index (χ3v) is 22.7. The Balaban J connectivity index is 0.000000221. The SMILES string of the molecule is CNC(=O)c1cc(-c2cccc(CN3O[C@@H](CO)[C@@H]([C@H](C)OC(=O)CCCc4ccccc4)[C@H]3C(=O)N[C@H]3C[C@H]4C[C@@H]([C@@H]3C)C4(C)C)c2OC)cc(N(C)C)c1.COc1c(CN2O[C@@H](CO)[C@H]([C@H](C)O)C2C(=O)N[C@H]2C[C@H]3C[C@@H]([C@@H]2C)C3(C)C)cccc1-c1ccccc1. The van der Waals surface area contributed by atoms with Gasteiger partial charge in [0, 0.05) is 79.1 Å². The molecule has 5 aromatic rings. The molecule has 18 nitrogen and oxygen atoms in total. The normalized spacial score (nSPS) is 28.6. The molecule has 6 aliphatic carbocycles. The highest BCUT2D eigenvalue weighted by Gasteiger charge is 2.59. The number of ether oxygens (including phenoxy) is 3. The van der Waals surface area contributed by atoms with Crippen molar-refractivity contribution in [3.8, 4) is 33.8 Å². The highest BCUT2D eigenvalue weighted by atomic mass is 16.7. The van der Waals surface area contributed by atoms with Crippen LogP contribution in [-0.2, 0) is 48.3 Å². The summed E-state index contributed by atoms with van der Waals surface area (Å²) in [5.74, 6) is 2.14. The predicted octanol–water partition coefficient (Wildman–Crippen LogP) is 10.0. The van der Waals surface area contributed by atoms with Gasteiger partial charge >= 0.3 is 5.97 Å². The van der Waals surface area contributed by atoms with Gasteiger partial charge in [-0.15, -0.1) is 0 Å². The van der Waals surface area contributed by atoms with Crippen molar-refractivity contribution in [1.29, 1.82) is 0 Å². The third kappa shape index (κ3) is 14.3. The first-order valence-electron chi connectivity index (χ1n) is 34.0. The van der Waals surface area contributed by atoms with E-state index in [9.17, 15) is 34.5 Å². The van der Waals surface area contributed by atoms with Crippen molar-refractivity contribution in [2.75, 3.05) is 53.5 Å². The fourth-order valence-electron chi connectivity index (χ4n) is 17.0. The van der Waals surface area contributed by atoms with Crippen LogP contribution in [0.25, 0.3) is 22.3 Å². The van der Waals surface area contributed by atoms with Crippen LogP contribution in [0, 0.1) is 58.2 Å². The Morgan fingerprint density at radius 3 is 1.60 bits per heavy atom. The molecule has 5 aromatic carbocycles. The van der Waals surface area contributed by atoms with Gasteiger partial charge in [-0.05, 0) is 134 Å². The number of amides is 3. The molecule has 6 saturated carbocycles. The molecule has 8 fully saturated rings. The fraction of sp³-hybridized carbons (Fsp3) is 0.553. The van der Waals surface area contributed by atoms with Crippen molar-refractivity contribution >= 4 is 29.4 Å². The topological polar surface area (TPSA) is 221 Å². The van der Waals surface area contributed by atoms with E-state index in [0.717, 1.165) is 63.9 Å². The van der Waals surface area contributed by atoms with Crippen molar-refractivity contribution in [2.45, 2.75) is 162 Å². The van der Waals surface area contributed by atoms with Gasteiger partial charge in [0.1, 0.15) is 41.9 Å². The van der Waals surface area contributed by atoms with Gasteiger partial charge in [0.05, 0.1) is 52.5 Å². The predicted molar refractivity (Wildman–Crippen MR) is 363 cm³/mol. The van der Waals surface area contributed by atoms with Gasteiger partial charge in [-0.1, -0.05) is 139 Å². The van der Waals surface area contributed by atoms with Crippen LogP contribution in [0.2, 0.25) is 0 Å². The van der Waals surface area contributed by atoms with E-state index < -0.39 is 48.3 Å². The molecule has 2 saturated heterocycles. The molecule has 2 aliphatic heterocycles. The molecule has 0 spiro atoms. The van der Waals surface area contributed by atoms with E-state index in [0.29, 0.717) is 64.4 Å². The lowest BCUT2D eigenvalue weighted by atomic mass is 9.45. The van der Waals surface area contributed by atoms with Gasteiger partial charge in [-0.2, -0.15) is 10.1 Å². The standard InChI is InChI=1S/C45H60N4O7.C31H42N2O5/c1-27-36-23-33(45(36,3)4)24-37(27)47-44(53)41-40(28(2)55-39(51)19-12-16-29-14-10-9-11-15-29)38(26-50)56-49(41)25-30-17-13-18-35(42(30)54-8)31-20-32(43(52)46-5)22-34(21-31)48(6)7;1-18-24-14-22(31(24,3)4)15-25(18)32-30(36)28-27(19(2)35)26(17-34)38-33(28)16-21-12-9-13-23(29(21)37-5)20-10-7-6-8-11-20/h9-11,13-15,17-18,20-22,27-28,33,36-38,40-41,50H,12,16,19,23-26H2,1-8H3,(H,46,52)(H,47,53);6-13,18-19,22,24-28,34-35H,14-17H2,1-5H3,(H,32,36)/t27-,28-,33+,36-,37-,38-,40+,41-;18-,19-,22+,24-,25-,26-,27-,28?/m00/s1. The Morgan fingerprint density at radius 1 is 0.649 bits per heavy atom. The first kappa shape index (κ1) is 69.9. The van der Waals surface area contributed by atoms with Crippen LogP contribution in [0.5, 0.6) is 11.5 Å². The summed E-state index contributed by atoms with van der Waals surface area (Å²) in [6.07, 6.45) is 2.89. The number of carbonyl (C=O) groups excluding carboxylic acids is 4. The van der Waals surface area contributed by atoms with E-state index in [1.54, 1.807) is 45.2 Å². The van der Waals surface area contributed by atoms with E-state index in [1.807, 2.05) is 134 Å². The molecule has 8 aliphatic rings. The van der Waals surface area contributed by atoms with Gasteiger partial charge in [0.25, 0.3) is 5.91 Å². The average molecular weight is 1290 g/mol. The Hall–Kier alpha value is -6.90.